The third-order valence-electron chi connectivity index (χ3n) is 4.94. The summed E-state index contributed by atoms with van der Waals surface area (Å²) in [6.45, 7) is 3.48. The van der Waals surface area contributed by atoms with Crippen LogP contribution in [0.1, 0.15) is 25.3 Å². The van der Waals surface area contributed by atoms with E-state index in [1.165, 1.54) is 30.7 Å². The molecule has 1 heterocycles. The maximum atomic E-state index is 13.5. The van der Waals surface area contributed by atoms with Crippen molar-refractivity contribution >= 4 is 23.2 Å². The Morgan fingerprint density at radius 1 is 1.33 bits per heavy atom. The topological polar surface area (TPSA) is 73.8 Å². The smallest absolute Gasteiger partial charge is 0.221 e. The van der Waals surface area contributed by atoms with E-state index in [2.05, 4.69) is 15.5 Å². The van der Waals surface area contributed by atoms with Gasteiger partial charge >= 0.3 is 0 Å². The number of carbonyl (C=O) groups is 1. The first-order chi connectivity index (χ1) is 14.4. The number of rotatable bonds is 9. The van der Waals surface area contributed by atoms with Crippen LogP contribution in [0.2, 0.25) is 5.02 Å². The lowest BCUT2D eigenvalue weighted by Crippen LogP contribution is -2.45. The van der Waals surface area contributed by atoms with Crippen LogP contribution >= 0.6 is 11.6 Å². The lowest BCUT2D eigenvalue weighted by Gasteiger charge is -2.26. The molecule has 0 aromatic heterocycles. The summed E-state index contributed by atoms with van der Waals surface area (Å²) in [6.07, 6.45) is 1.47. The van der Waals surface area contributed by atoms with Gasteiger partial charge in [0.1, 0.15) is 24.3 Å². The molecule has 1 unspecified atom stereocenters. The minimum absolute atomic E-state index is 0.0209. The minimum atomic E-state index is -0.781. The molecule has 0 radical (unpaired) electrons. The van der Waals surface area contributed by atoms with E-state index in [0.29, 0.717) is 12.2 Å². The molecular weight excluding hydrogens is 409 g/mol. The number of aliphatic hydroxyl groups excluding tert-OH is 1. The Bertz CT molecular complexity index is 850. The molecule has 162 valence electrons. The average molecular weight is 436 g/mol. The third-order valence-corrected chi connectivity index (χ3v) is 5.19. The molecule has 6 nitrogen and oxygen atoms in total. The number of halogens is 2. The van der Waals surface area contributed by atoms with Crippen molar-refractivity contribution < 1.29 is 19.0 Å². The number of carbonyl (C=O) groups excluding carboxylic acids is 1. The molecule has 0 bridgehead atoms. The van der Waals surface area contributed by atoms with Crippen molar-refractivity contribution in [2.24, 2.45) is 0 Å². The number of likely N-dealkylation sites (tertiary alicyclic amines) is 1. The van der Waals surface area contributed by atoms with Gasteiger partial charge in [-0.3, -0.25) is 15.0 Å². The van der Waals surface area contributed by atoms with E-state index in [4.69, 9.17) is 16.3 Å². The highest BCUT2D eigenvalue weighted by atomic mass is 35.5. The fourth-order valence-electron chi connectivity index (χ4n) is 3.50. The number of nitrogens with one attached hydrogen (secondary N) is 2. The van der Waals surface area contributed by atoms with E-state index in [9.17, 15) is 14.3 Å². The normalized spacial score (nSPS) is 17.7. The summed E-state index contributed by atoms with van der Waals surface area (Å²) < 4.78 is 19.1. The SMILES string of the molecule is CC(=O)Nc1ccc(F)cc1OC[C@@H](O)CNC1CCCN1Cc1ccc(Cl)cc1. The summed E-state index contributed by atoms with van der Waals surface area (Å²) in [5.41, 5.74) is 1.56. The summed E-state index contributed by atoms with van der Waals surface area (Å²) in [5, 5.41) is 17.0. The molecule has 8 heteroatoms. The molecule has 1 fully saturated rings. The standard InChI is InChI=1S/C22H27ClFN3O3/c1-15(28)26-20-9-8-18(24)11-21(20)30-14-19(29)12-25-22-3-2-10-27(22)13-16-4-6-17(23)7-5-16/h4-9,11,19,22,25,29H,2-3,10,12-14H2,1H3,(H,26,28)/t19-,22?/m0/s1. The number of amides is 1. The van der Waals surface area contributed by atoms with Gasteiger partial charge in [-0.1, -0.05) is 23.7 Å². The summed E-state index contributed by atoms with van der Waals surface area (Å²) in [7, 11) is 0. The summed E-state index contributed by atoms with van der Waals surface area (Å²) >= 11 is 5.95. The Morgan fingerprint density at radius 2 is 2.10 bits per heavy atom. The first-order valence-electron chi connectivity index (χ1n) is 10.0. The van der Waals surface area contributed by atoms with Gasteiger partial charge in [0, 0.05) is 37.6 Å². The molecule has 1 aliphatic heterocycles. The maximum absolute atomic E-state index is 13.5. The first kappa shape index (κ1) is 22.5. The second-order valence-electron chi connectivity index (χ2n) is 7.45. The summed E-state index contributed by atoms with van der Waals surface area (Å²) in [6, 6.07) is 11.7. The zero-order valence-electron chi connectivity index (χ0n) is 16.9. The van der Waals surface area contributed by atoms with Gasteiger partial charge in [0.15, 0.2) is 0 Å². The van der Waals surface area contributed by atoms with Crippen LogP contribution in [0.25, 0.3) is 0 Å². The average Bonchev–Trinajstić information content (AvgIpc) is 3.15. The van der Waals surface area contributed by atoms with Crippen LogP contribution < -0.4 is 15.4 Å². The Hall–Kier alpha value is -2.19. The number of aliphatic hydroxyl groups is 1. The number of benzene rings is 2. The fourth-order valence-corrected chi connectivity index (χ4v) is 3.62. The quantitative estimate of drug-likeness (QED) is 0.563. The molecule has 2 aromatic rings. The van der Waals surface area contributed by atoms with E-state index < -0.39 is 11.9 Å². The van der Waals surface area contributed by atoms with Crippen LogP contribution in [0.3, 0.4) is 0 Å². The summed E-state index contributed by atoms with van der Waals surface area (Å²) in [4.78, 5) is 13.6. The molecule has 0 aliphatic carbocycles. The fraction of sp³-hybridized carbons (Fsp3) is 0.409. The van der Waals surface area contributed by atoms with Crippen LogP contribution in [0.5, 0.6) is 5.75 Å². The Kier molecular flexibility index (Phi) is 8.04. The van der Waals surface area contributed by atoms with E-state index in [1.807, 2.05) is 24.3 Å². The Morgan fingerprint density at radius 3 is 2.83 bits per heavy atom. The van der Waals surface area contributed by atoms with Crippen LogP contribution in [-0.2, 0) is 11.3 Å². The zero-order chi connectivity index (χ0) is 21.5. The van der Waals surface area contributed by atoms with Gasteiger partial charge in [-0.2, -0.15) is 0 Å². The molecule has 3 rings (SSSR count). The number of hydrogen-bond acceptors (Lipinski definition) is 5. The van der Waals surface area contributed by atoms with Gasteiger partial charge in [-0.05, 0) is 42.7 Å². The van der Waals surface area contributed by atoms with E-state index in [-0.39, 0.29) is 24.4 Å². The van der Waals surface area contributed by atoms with E-state index >= 15 is 0 Å². The predicted molar refractivity (Wildman–Crippen MR) is 115 cm³/mol. The number of hydrogen-bond donors (Lipinski definition) is 3. The van der Waals surface area contributed by atoms with Crippen LogP contribution in [0, 0.1) is 5.82 Å². The molecule has 30 heavy (non-hydrogen) atoms. The highest BCUT2D eigenvalue weighted by molar-refractivity contribution is 6.30. The Labute approximate surface area is 181 Å². The monoisotopic (exact) mass is 435 g/mol. The first-order valence-corrected chi connectivity index (χ1v) is 10.4. The van der Waals surface area contributed by atoms with Gasteiger partial charge in [-0.15, -0.1) is 0 Å². The lowest BCUT2D eigenvalue weighted by atomic mass is 10.2. The van der Waals surface area contributed by atoms with Gasteiger partial charge < -0.3 is 15.2 Å². The molecule has 1 amide bonds. The maximum Gasteiger partial charge on any atom is 0.221 e. The second kappa shape index (κ2) is 10.7. The highest BCUT2D eigenvalue weighted by Crippen LogP contribution is 2.25. The van der Waals surface area contributed by atoms with E-state index in [1.54, 1.807) is 0 Å². The number of nitrogens with zero attached hydrogens (tertiary/aromatic N) is 1. The highest BCUT2D eigenvalue weighted by Gasteiger charge is 2.24. The van der Waals surface area contributed by atoms with E-state index in [0.717, 1.165) is 31.0 Å². The molecule has 1 aliphatic rings. The Balaban J connectivity index is 1.48. The zero-order valence-corrected chi connectivity index (χ0v) is 17.7. The predicted octanol–water partition coefficient (Wildman–Crippen LogP) is 3.39. The van der Waals surface area contributed by atoms with Gasteiger partial charge in [-0.25, -0.2) is 4.39 Å². The van der Waals surface area contributed by atoms with Crippen molar-refractivity contribution in [1.82, 2.24) is 10.2 Å². The molecule has 3 N–H and O–H groups in total. The molecule has 2 atom stereocenters. The molecule has 1 saturated heterocycles. The van der Waals surface area contributed by atoms with Crippen LogP contribution in [0.15, 0.2) is 42.5 Å². The van der Waals surface area contributed by atoms with Crippen LogP contribution in [0.4, 0.5) is 10.1 Å². The van der Waals surface area contributed by atoms with Crippen molar-refractivity contribution in [1.29, 1.82) is 0 Å². The summed E-state index contributed by atoms with van der Waals surface area (Å²) in [5.74, 6) is -0.569. The number of ether oxygens (including phenoxy) is 1. The van der Waals surface area contributed by atoms with Crippen LogP contribution in [-0.4, -0.2) is 47.9 Å². The van der Waals surface area contributed by atoms with Crippen molar-refractivity contribution in [2.45, 2.75) is 38.6 Å². The molecule has 0 saturated carbocycles. The molecular formula is C22H27ClFN3O3. The molecule has 0 spiro atoms. The minimum Gasteiger partial charge on any atom is -0.489 e. The third kappa shape index (κ3) is 6.67. The van der Waals surface area contributed by atoms with Crippen molar-refractivity contribution in [3.05, 3.63) is 58.9 Å². The van der Waals surface area contributed by atoms with Crippen molar-refractivity contribution in [3.63, 3.8) is 0 Å². The van der Waals surface area contributed by atoms with Gasteiger partial charge in [0.2, 0.25) is 5.91 Å². The largest absolute Gasteiger partial charge is 0.489 e. The number of anilines is 1. The van der Waals surface area contributed by atoms with Gasteiger partial charge in [0.25, 0.3) is 0 Å². The van der Waals surface area contributed by atoms with Crippen molar-refractivity contribution in [3.8, 4) is 5.75 Å². The second-order valence-corrected chi connectivity index (χ2v) is 7.89. The molecule has 2 aromatic carbocycles. The lowest BCUT2D eigenvalue weighted by molar-refractivity contribution is -0.114. The van der Waals surface area contributed by atoms with Gasteiger partial charge in [0.05, 0.1) is 11.9 Å². The van der Waals surface area contributed by atoms with Crippen molar-refractivity contribution in [2.75, 3.05) is 25.0 Å².